The van der Waals surface area contributed by atoms with Gasteiger partial charge in [0, 0.05) is 6.04 Å². The van der Waals surface area contributed by atoms with Gasteiger partial charge in [0.2, 0.25) is 0 Å². The first-order valence-electron chi connectivity index (χ1n) is 6.91. The van der Waals surface area contributed by atoms with Crippen LogP contribution in [0.15, 0.2) is 0 Å². The van der Waals surface area contributed by atoms with Gasteiger partial charge in [-0.1, -0.05) is 19.3 Å². The molecule has 2 nitrogen and oxygen atoms in total. The summed E-state index contributed by atoms with van der Waals surface area (Å²) in [6.45, 7) is 5.26. The van der Waals surface area contributed by atoms with Crippen molar-refractivity contribution in [3.63, 3.8) is 0 Å². The lowest BCUT2D eigenvalue weighted by atomic mass is 10.1. The van der Waals surface area contributed by atoms with Crippen LogP contribution in [0, 0.1) is 0 Å². The molecule has 1 aliphatic heterocycles. The molecule has 1 N–H and O–H groups in total. The average molecular weight is 210 g/mol. The van der Waals surface area contributed by atoms with Crippen LogP contribution in [-0.2, 0) is 0 Å². The molecule has 15 heavy (non-hydrogen) atoms. The molecule has 2 rings (SSSR count). The molecule has 0 unspecified atom stereocenters. The van der Waals surface area contributed by atoms with Crippen LogP contribution in [0.4, 0.5) is 0 Å². The lowest BCUT2D eigenvalue weighted by Gasteiger charge is -2.24. The van der Waals surface area contributed by atoms with E-state index in [-0.39, 0.29) is 0 Å². The lowest BCUT2D eigenvalue weighted by molar-refractivity contribution is 0.244. The van der Waals surface area contributed by atoms with Crippen LogP contribution < -0.4 is 5.32 Å². The van der Waals surface area contributed by atoms with E-state index in [0.717, 1.165) is 6.04 Å². The van der Waals surface area contributed by atoms with Gasteiger partial charge in [0.25, 0.3) is 0 Å². The number of nitrogens with one attached hydrogen (secondary N) is 1. The summed E-state index contributed by atoms with van der Waals surface area (Å²) >= 11 is 0. The number of hydrogen-bond acceptors (Lipinski definition) is 2. The molecule has 0 aromatic heterocycles. The van der Waals surface area contributed by atoms with Crippen molar-refractivity contribution >= 4 is 0 Å². The summed E-state index contributed by atoms with van der Waals surface area (Å²) in [4.78, 5) is 2.67. The number of rotatable bonds is 5. The van der Waals surface area contributed by atoms with Crippen LogP contribution in [0.2, 0.25) is 0 Å². The molecule has 0 spiro atoms. The number of likely N-dealkylation sites (tertiary alicyclic amines) is 1. The summed E-state index contributed by atoms with van der Waals surface area (Å²) in [5.41, 5.74) is 0. The summed E-state index contributed by atoms with van der Waals surface area (Å²) in [7, 11) is 0. The quantitative estimate of drug-likeness (QED) is 0.701. The Morgan fingerprint density at radius 2 is 1.60 bits per heavy atom. The molecule has 88 valence electrons. The van der Waals surface area contributed by atoms with Crippen molar-refractivity contribution in [3.05, 3.63) is 0 Å². The Hall–Kier alpha value is -0.0800. The van der Waals surface area contributed by atoms with Crippen LogP contribution in [0.25, 0.3) is 0 Å². The van der Waals surface area contributed by atoms with E-state index in [9.17, 15) is 0 Å². The zero-order valence-corrected chi connectivity index (χ0v) is 10.0. The van der Waals surface area contributed by atoms with Gasteiger partial charge in [-0.15, -0.1) is 0 Å². The third-order valence-corrected chi connectivity index (χ3v) is 3.61. The standard InChI is InChI=1S/C13H26N2/c1-2-4-10-15(11-5-3-1)12-6-9-14-13-7-8-13/h13-14H,1-12H2. The summed E-state index contributed by atoms with van der Waals surface area (Å²) < 4.78 is 0. The molecule has 2 fully saturated rings. The Morgan fingerprint density at radius 3 is 2.27 bits per heavy atom. The van der Waals surface area contributed by atoms with E-state index < -0.39 is 0 Å². The number of nitrogens with zero attached hydrogens (tertiary/aromatic N) is 1. The third kappa shape index (κ3) is 4.98. The third-order valence-electron chi connectivity index (χ3n) is 3.61. The maximum absolute atomic E-state index is 3.60. The van der Waals surface area contributed by atoms with E-state index in [1.54, 1.807) is 0 Å². The number of hydrogen-bond donors (Lipinski definition) is 1. The molecule has 0 aromatic rings. The van der Waals surface area contributed by atoms with E-state index in [1.165, 1.54) is 77.5 Å². The predicted octanol–water partition coefficient (Wildman–Crippen LogP) is 2.39. The second-order valence-corrected chi connectivity index (χ2v) is 5.19. The monoisotopic (exact) mass is 210 g/mol. The van der Waals surface area contributed by atoms with Crippen molar-refractivity contribution in [1.82, 2.24) is 10.2 Å². The Kier molecular flexibility index (Phi) is 4.94. The molecule has 1 aliphatic carbocycles. The maximum Gasteiger partial charge on any atom is 0.00682 e. The Balaban J connectivity index is 1.50. The van der Waals surface area contributed by atoms with Crippen molar-refractivity contribution in [2.45, 2.75) is 57.4 Å². The van der Waals surface area contributed by atoms with Gasteiger partial charge in [-0.3, -0.25) is 0 Å². The minimum Gasteiger partial charge on any atom is -0.314 e. The van der Waals surface area contributed by atoms with Gasteiger partial charge >= 0.3 is 0 Å². The molecular weight excluding hydrogens is 184 g/mol. The van der Waals surface area contributed by atoms with Gasteiger partial charge in [-0.25, -0.2) is 0 Å². The van der Waals surface area contributed by atoms with E-state index in [4.69, 9.17) is 0 Å². The molecule has 1 heterocycles. The van der Waals surface area contributed by atoms with Crippen LogP contribution in [-0.4, -0.2) is 37.1 Å². The van der Waals surface area contributed by atoms with E-state index >= 15 is 0 Å². The minimum absolute atomic E-state index is 0.886. The van der Waals surface area contributed by atoms with Crippen molar-refractivity contribution in [1.29, 1.82) is 0 Å². The SMILES string of the molecule is C1CCCN(CCCNC2CC2)CCC1. The summed E-state index contributed by atoms with van der Waals surface area (Å²) in [5, 5.41) is 3.60. The zero-order valence-electron chi connectivity index (χ0n) is 10.0. The van der Waals surface area contributed by atoms with Gasteiger partial charge in [0.15, 0.2) is 0 Å². The summed E-state index contributed by atoms with van der Waals surface area (Å²) in [5.74, 6) is 0. The highest BCUT2D eigenvalue weighted by Gasteiger charge is 2.19. The molecule has 0 atom stereocenters. The fourth-order valence-electron chi connectivity index (χ4n) is 2.43. The van der Waals surface area contributed by atoms with Crippen molar-refractivity contribution in [2.24, 2.45) is 0 Å². The molecule has 1 saturated carbocycles. The van der Waals surface area contributed by atoms with E-state index in [2.05, 4.69) is 10.2 Å². The molecule has 0 aromatic carbocycles. The molecule has 2 heteroatoms. The molecular formula is C13H26N2. The highest BCUT2D eigenvalue weighted by Crippen LogP contribution is 2.18. The van der Waals surface area contributed by atoms with Gasteiger partial charge in [-0.05, 0) is 58.3 Å². The second kappa shape index (κ2) is 6.49. The van der Waals surface area contributed by atoms with Crippen LogP contribution in [0.5, 0.6) is 0 Å². The fraction of sp³-hybridized carbons (Fsp3) is 1.00. The van der Waals surface area contributed by atoms with Crippen LogP contribution in [0.3, 0.4) is 0 Å². The van der Waals surface area contributed by atoms with Gasteiger partial charge < -0.3 is 10.2 Å². The Bertz CT molecular complexity index is 158. The Labute approximate surface area is 94.4 Å². The van der Waals surface area contributed by atoms with E-state index in [0.29, 0.717) is 0 Å². The Morgan fingerprint density at radius 1 is 0.933 bits per heavy atom. The van der Waals surface area contributed by atoms with Gasteiger partial charge in [0.1, 0.15) is 0 Å². The van der Waals surface area contributed by atoms with Gasteiger partial charge in [0.05, 0.1) is 0 Å². The molecule has 1 saturated heterocycles. The van der Waals surface area contributed by atoms with Gasteiger partial charge in [-0.2, -0.15) is 0 Å². The molecule has 2 aliphatic rings. The van der Waals surface area contributed by atoms with Crippen molar-refractivity contribution < 1.29 is 0 Å². The lowest BCUT2D eigenvalue weighted by Crippen LogP contribution is -2.30. The second-order valence-electron chi connectivity index (χ2n) is 5.19. The first-order valence-corrected chi connectivity index (χ1v) is 6.91. The molecule has 0 bridgehead atoms. The summed E-state index contributed by atoms with van der Waals surface area (Å²) in [6, 6.07) is 0.886. The first kappa shape index (κ1) is 11.4. The minimum atomic E-state index is 0.886. The van der Waals surface area contributed by atoms with Crippen molar-refractivity contribution in [2.75, 3.05) is 26.2 Å². The zero-order chi connectivity index (χ0) is 10.3. The summed E-state index contributed by atoms with van der Waals surface area (Å²) in [6.07, 6.45) is 11.4. The van der Waals surface area contributed by atoms with Crippen LogP contribution in [0.1, 0.15) is 51.4 Å². The van der Waals surface area contributed by atoms with Crippen molar-refractivity contribution in [3.8, 4) is 0 Å². The first-order chi connectivity index (χ1) is 7.45. The molecule has 0 amide bonds. The van der Waals surface area contributed by atoms with Crippen LogP contribution >= 0.6 is 0 Å². The molecule has 0 radical (unpaired) electrons. The fourth-order valence-corrected chi connectivity index (χ4v) is 2.43. The smallest absolute Gasteiger partial charge is 0.00682 e. The topological polar surface area (TPSA) is 15.3 Å². The average Bonchev–Trinajstić information content (AvgIpc) is 2.98. The van der Waals surface area contributed by atoms with E-state index in [1.807, 2.05) is 0 Å². The highest BCUT2D eigenvalue weighted by atomic mass is 15.1. The predicted molar refractivity (Wildman–Crippen MR) is 65.2 cm³/mol. The maximum atomic E-state index is 3.60. The normalized spacial score (nSPS) is 24.8. The highest BCUT2D eigenvalue weighted by molar-refractivity contribution is 4.80. The largest absolute Gasteiger partial charge is 0.314 e.